The van der Waals surface area contributed by atoms with Crippen LogP contribution in [0.1, 0.15) is 19.3 Å². The number of alkyl halides is 3. The number of sulfone groups is 1. The van der Waals surface area contributed by atoms with Crippen LogP contribution in [0.3, 0.4) is 0 Å². The van der Waals surface area contributed by atoms with Gasteiger partial charge in [0.2, 0.25) is 10.0 Å². The van der Waals surface area contributed by atoms with E-state index in [0.717, 1.165) is 24.3 Å². The average molecular weight is 429 g/mol. The fourth-order valence-electron chi connectivity index (χ4n) is 3.42. The molecule has 2 saturated heterocycles. The van der Waals surface area contributed by atoms with Crippen molar-refractivity contribution in [2.24, 2.45) is 0 Å². The highest BCUT2D eigenvalue weighted by molar-refractivity contribution is 7.91. The van der Waals surface area contributed by atoms with E-state index in [1.807, 2.05) is 0 Å². The van der Waals surface area contributed by atoms with Crippen LogP contribution in [0.2, 0.25) is 0 Å². The first-order valence-electron chi connectivity index (χ1n) is 8.11. The Labute approximate surface area is 154 Å². The smallest absolute Gasteiger partial charge is 0.406 e. The van der Waals surface area contributed by atoms with E-state index in [4.69, 9.17) is 4.74 Å². The summed E-state index contributed by atoms with van der Waals surface area (Å²) in [6.45, 7) is 0.194. The van der Waals surface area contributed by atoms with Crippen molar-refractivity contribution in [2.45, 2.75) is 42.2 Å². The minimum atomic E-state index is -4.93. The van der Waals surface area contributed by atoms with Crippen molar-refractivity contribution < 1.29 is 39.5 Å². The SMILES string of the molecule is O=S1(=O)CC[C@@]2(C[C@@H](NS(=O)(=O)c3cccc(OC(F)(F)F)c3)CCO2)C1. The van der Waals surface area contributed by atoms with Gasteiger partial charge in [-0.2, -0.15) is 0 Å². The van der Waals surface area contributed by atoms with Gasteiger partial charge < -0.3 is 9.47 Å². The fraction of sp³-hybridized carbons (Fsp3) is 0.600. The number of nitrogens with one attached hydrogen (secondary N) is 1. The van der Waals surface area contributed by atoms with Crippen molar-refractivity contribution in [1.29, 1.82) is 0 Å². The lowest BCUT2D eigenvalue weighted by Gasteiger charge is -2.37. The normalized spacial score (nSPS) is 28.3. The quantitative estimate of drug-likeness (QED) is 0.781. The molecule has 0 unspecified atom stereocenters. The van der Waals surface area contributed by atoms with E-state index >= 15 is 0 Å². The summed E-state index contributed by atoms with van der Waals surface area (Å²) in [6, 6.07) is 3.50. The molecule has 12 heteroatoms. The molecule has 0 amide bonds. The lowest BCUT2D eigenvalue weighted by atomic mass is 9.90. The molecule has 2 aliphatic heterocycles. The summed E-state index contributed by atoms with van der Waals surface area (Å²) in [5, 5.41) is 0. The highest BCUT2D eigenvalue weighted by Crippen LogP contribution is 2.36. The zero-order valence-corrected chi connectivity index (χ0v) is 15.7. The highest BCUT2D eigenvalue weighted by atomic mass is 32.2. The Morgan fingerprint density at radius 1 is 1.30 bits per heavy atom. The molecule has 0 radical (unpaired) electrons. The van der Waals surface area contributed by atoms with Crippen LogP contribution in [0.25, 0.3) is 0 Å². The van der Waals surface area contributed by atoms with Crippen molar-refractivity contribution in [3.8, 4) is 5.75 Å². The van der Waals surface area contributed by atoms with E-state index < -0.39 is 43.6 Å². The third-order valence-corrected chi connectivity index (χ3v) is 7.83. The Hall–Kier alpha value is -1.37. The number of ether oxygens (including phenoxy) is 2. The molecule has 1 aromatic rings. The van der Waals surface area contributed by atoms with E-state index in [-0.39, 0.29) is 29.4 Å². The fourth-order valence-corrected chi connectivity index (χ4v) is 6.70. The molecule has 1 spiro atoms. The highest BCUT2D eigenvalue weighted by Gasteiger charge is 2.47. The molecule has 2 atom stereocenters. The van der Waals surface area contributed by atoms with Crippen LogP contribution >= 0.6 is 0 Å². The van der Waals surface area contributed by atoms with Crippen molar-refractivity contribution in [3.05, 3.63) is 24.3 Å². The Kier molecular flexibility index (Phi) is 5.21. The van der Waals surface area contributed by atoms with Crippen LogP contribution in [0.5, 0.6) is 5.75 Å². The third-order valence-electron chi connectivity index (χ3n) is 4.52. The van der Waals surface area contributed by atoms with Gasteiger partial charge >= 0.3 is 6.36 Å². The molecule has 2 heterocycles. The Morgan fingerprint density at radius 2 is 2.04 bits per heavy atom. The summed E-state index contributed by atoms with van der Waals surface area (Å²) in [7, 11) is -7.34. The van der Waals surface area contributed by atoms with E-state index in [9.17, 15) is 30.0 Å². The van der Waals surface area contributed by atoms with Gasteiger partial charge in [0.1, 0.15) is 5.75 Å². The Morgan fingerprint density at radius 3 is 2.67 bits per heavy atom. The maximum atomic E-state index is 12.5. The van der Waals surface area contributed by atoms with E-state index in [1.165, 1.54) is 0 Å². The van der Waals surface area contributed by atoms with Gasteiger partial charge in [0.15, 0.2) is 9.84 Å². The molecule has 1 N–H and O–H groups in total. The summed E-state index contributed by atoms with van der Waals surface area (Å²) >= 11 is 0. The summed E-state index contributed by atoms with van der Waals surface area (Å²) in [4.78, 5) is -0.371. The number of sulfonamides is 1. The average Bonchev–Trinajstić information content (AvgIpc) is 2.80. The van der Waals surface area contributed by atoms with E-state index in [1.54, 1.807) is 0 Å². The van der Waals surface area contributed by atoms with Gasteiger partial charge in [-0.25, -0.2) is 21.6 Å². The first kappa shape index (κ1) is 20.4. The minimum Gasteiger partial charge on any atom is -0.406 e. The second-order valence-electron chi connectivity index (χ2n) is 6.71. The molecule has 27 heavy (non-hydrogen) atoms. The van der Waals surface area contributed by atoms with Gasteiger partial charge in [-0.05, 0) is 31.4 Å². The van der Waals surface area contributed by atoms with Gasteiger partial charge in [-0.15, -0.1) is 13.2 Å². The minimum absolute atomic E-state index is 0.0106. The number of hydrogen-bond acceptors (Lipinski definition) is 6. The molecular weight excluding hydrogens is 411 g/mol. The maximum absolute atomic E-state index is 12.5. The summed E-state index contributed by atoms with van der Waals surface area (Å²) in [5.74, 6) is -0.813. The lowest BCUT2D eigenvalue weighted by Crippen LogP contribution is -2.49. The van der Waals surface area contributed by atoms with Crippen LogP contribution in [-0.4, -0.2) is 53.0 Å². The van der Waals surface area contributed by atoms with Gasteiger partial charge in [0.25, 0.3) is 0 Å². The molecule has 2 fully saturated rings. The van der Waals surface area contributed by atoms with Crippen LogP contribution in [0.4, 0.5) is 13.2 Å². The molecule has 0 bridgehead atoms. The van der Waals surface area contributed by atoms with Crippen LogP contribution < -0.4 is 9.46 Å². The number of hydrogen-bond donors (Lipinski definition) is 1. The molecule has 152 valence electrons. The molecule has 1 aromatic carbocycles. The summed E-state index contributed by atoms with van der Waals surface area (Å²) < 4.78 is 97.4. The molecule has 0 aromatic heterocycles. The number of halogens is 3. The Bertz CT molecular complexity index is 916. The predicted molar refractivity (Wildman–Crippen MR) is 88.4 cm³/mol. The molecule has 0 aliphatic carbocycles. The van der Waals surface area contributed by atoms with Gasteiger partial charge in [0.05, 0.1) is 22.0 Å². The molecule has 2 aliphatic rings. The topological polar surface area (TPSA) is 98.8 Å². The van der Waals surface area contributed by atoms with E-state index in [2.05, 4.69) is 9.46 Å². The molecule has 3 rings (SSSR count). The second kappa shape index (κ2) is 6.90. The molecular formula is C15H18F3NO6S2. The summed E-state index contributed by atoms with van der Waals surface area (Å²) in [6.07, 6.45) is -4.12. The lowest BCUT2D eigenvalue weighted by molar-refractivity contribution is -0.274. The molecule has 7 nitrogen and oxygen atoms in total. The predicted octanol–water partition coefficient (Wildman–Crippen LogP) is 1.60. The van der Waals surface area contributed by atoms with Gasteiger partial charge in [-0.3, -0.25) is 0 Å². The van der Waals surface area contributed by atoms with Crippen LogP contribution in [0.15, 0.2) is 29.2 Å². The maximum Gasteiger partial charge on any atom is 0.573 e. The van der Waals surface area contributed by atoms with Crippen LogP contribution in [0, 0.1) is 0 Å². The van der Waals surface area contributed by atoms with Crippen molar-refractivity contribution in [1.82, 2.24) is 4.72 Å². The first-order chi connectivity index (χ1) is 12.4. The zero-order chi connectivity index (χ0) is 19.9. The molecule has 0 saturated carbocycles. The first-order valence-corrected chi connectivity index (χ1v) is 11.4. The monoisotopic (exact) mass is 429 g/mol. The summed E-state index contributed by atoms with van der Waals surface area (Å²) in [5.41, 5.74) is -0.911. The van der Waals surface area contributed by atoms with Crippen molar-refractivity contribution >= 4 is 19.9 Å². The standard InChI is InChI=1S/C15H18F3NO6S2/c16-15(17,18)25-12-2-1-3-13(8-12)27(22,23)19-11-4-6-24-14(9-11)5-7-26(20,21)10-14/h1-3,8,11,19H,4-7,9-10H2/t11-,14+/m0/s1. The van der Waals surface area contributed by atoms with Crippen molar-refractivity contribution in [2.75, 3.05) is 18.1 Å². The second-order valence-corrected chi connectivity index (χ2v) is 10.6. The number of rotatable bonds is 4. The Balaban J connectivity index is 1.74. The van der Waals surface area contributed by atoms with Crippen LogP contribution in [-0.2, 0) is 24.6 Å². The largest absolute Gasteiger partial charge is 0.573 e. The third kappa shape index (κ3) is 5.12. The number of benzene rings is 1. The van der Waals surface area contributed by atoms with Crippen molar-refractivity contribution in [3.63, 3.8) is 0 Å². The van der Waals surface area contributed by atoms with Gasteiger partial charge in [0, 0.05) is 18.7 Å². The van der Waals surface area contributed by atoms with E-state index in [0.29, 0.717) is 12.8 Å². The van der Waals surface area contributed by atoms with Gasteiger partial charge in [-0.1, -0.05) is 6.07 Å². The zero-order valence-electron chi connectivity index (χ0n) is 14.0.